The van der Waals surface area contributed by atoms with Crippen molar-refractivity contribution in [1.29, 1.82) is 0 Å². The fraction of sp³-hybridized carbons (Fsp3) is 0.200. The van der Waals surface area contributed by atoms with E-state index in [4.69, 9.17) is 0 Å². The number of hydrogen-bond donors (Lipinski definition) is 2. The maximum atomic E-state index is 13.4. The molecule has 0 spiro atoms. The van der Waals surface area contributed by atoms with Crippen LogP contribution in [0.1, 0.15) is 17.8 Å². The fourth-order valence-corrected chi connectivity index (χ4v) is 4.04. The van der Waals surface area contributed by atoms with E-state index in [2.05, 4.69) is 20.8 Å². The number of rotatable bonds is 6. The van der Waals surface area contributed by atoms with Gasteiger partial charge in [-0.15, -0.1) is 10.2 Å². The lowest BCUT2D eigenvalue weighted by molar-refractivity contribution is -0.121. The molecule has 0 bridgehead atoms. The summed E-state index contributed by atoms with van der Waals surface area (Å²) < 4.78 is 15.3. The van der Waals surface area contributed by atoms with Crippen LogP contribution >= 0.6 is 11.8 Å². The van der Waals surface area contributed by atoms with Crippen molar-refractivity contribution in [1.82, 2.24) is 25.4 Å². The van der Waals surface area contributed by atoms with Gasteiger partial charge in [0.25, 0.3) is 0 Å². The van der Waals surface area contributed by atoms with Gasteiger partial charge in [-0.1, -0.05) is 42.1 Å². The molecule has 2 N–H and O–H groups in total. The Hall–Kier alpha value is -3.20. The Morgan fingerprint density at radius 3 is 2.55 bits per heavy atom. The number of imide groups is 1. The molecule has 1 fully saturated rings. The van der Waals surface area contributed by atoms with Crippen molar-refractivity contribution < 1.29 is 14.0 Å². The lowest BCUT2D eigenvalue weighted by Crippen LogP contribution is -2.53. The highest BCUT2D eigenvalue weighted by atomic mass is 32.2. The summed E-state index contributed by atoms with van der Waals surface area (Å²) in [5.41, 5.74) is 1.86. The molecule has 9 heteroatoms. The topological polar surface area (TPSA) is 88.9 Å². The predicted molar refractivity (Wildman–Crippen MR) is 106 cm³/mol. The predicted octanol–water partition coefficient (Wildman–Crippen LogP) is 2.84. The Labute approximate surface area is 170 Å². The zero-order valence-corrected chi connectivity index (χ0v) is 16.2. The number of carbonyl (C=O) groups is 2. The summed E-state index contributed by atoms with van der Waals surface area (Å²) in [5.74, 6) is 0.624. The molecule has 1 aliphatic rings. The lowest BCUT2D eigenvalue weighted by Gasteiger charge is -2.23. The van der Waals surface area contributed by atoms with Crippen LogP contribution < -0.4 is 10.6 Å². The molecular weight excluding hydrogens is 393 g/mol. The van der Waals surface area contributed by atoms with E-state index in [1.165, 1.54) is 23.9 Å². The number of thioether (sulfide) groups is 1. The largest absolute Gasteiger partial charge is 0.334 e. The first-order chi connectivity index (χ1) is 14.1. The van der Waals surface area contributed by atoms with Crippen molar-refractivity contribution in [2.75, 3.05) is 0 Å². The number of halogens is 1. The number of carbonyl (C=O) groups excluding carboxylic acids is 2. The van der Waals surface area contributed by atoms with Gasteiger partial charge in [0.2, 0.25) is 5.91 Å². The number of aromatic nitrogens is 3. The van der Waals surface area contributed by atoms with Gasteiger partial charge < -0.3 is 5.32 Å². The lowest BCUT2D eigenvalue weighted by atomic mass is 10.1. The van der Waals surface area contributed by atoms with Gasteiger partial charge in [0.15, 0.2) is 5.16 Å². The molecule has 1 atom stereocenters. The molecule has 148 valence electrons. The fourth-order valence-electron chi connectivity index (χ4n) is 3.12. The highest BCUT2D eigenvalue weighted by Crippen LogP contribution is 2.26. The van der Waals surface area contributed by atoms with Crippen LogP contribution in [0.3, 0.4) is 0 Å². The second-order valence-electron chi connectivity index (χ2n) is 6.61. The van der Waals surface area contributed by atoms with E-state index in [0.29, 0.717) is 28.8 Å². The van der Waals surface area contributed by atoms with Crippen LogP contribution in [-0.2, 0) is 17.0 Å². The molecule has 2 aromatic carbocycles. The highest BCUT2D eigenvalue weighted by Gasteiger charge is 2.26. The first kappa shape index (κ1) is 19.1. The van der Waals surface area contributed by atoms with Gasteiger partial charge in [-0.25, -0.2) is 9.18 Å². The molecule has 0 aliphatic carbocycles. The van der Waals surface area contributed by atoms with Gasteiger partial charge in [0.1, 0.15) is 11.6 Å². The summed E-state index contributed by atoms with van der Waals surface area (Å²) in [6.45, 7) is 0. The number of urea groups is 1. The van der Waals surface area contributed by atoms with Gasteiger partial charge in [0, 0.05) is 30.3 Å². The molecule has 29 heavy (non-hydrogen) atoms. The van der Waals surface area contributed by atoms with E-state index in [0.717, 1.165) is 5.56 Å². The summed E-state index contributed by atoms with van der Waals surface area (Å²) >= 11 is 1.51. The number of benzene rings is 2. The smallest absolute Gasteiger partial charge is 0.321 e. The summed E-state index contributed by atoms with van der Waals surface area (Å²) in [6, 6.07) is 15.1. The van der Waals surface area contributed by atoms with E-state index in [-0.39, 0.29) is 24.2 Å². The standard InChI is InChI=1S/C20H18FN5O2S/c21-14-6-8-16(9-7-14)26-17(10-15-11-18(27)23-19(28)22-15)24-25-20(26)29-12-13-4-2-1-3-5-13/h1-9,15H,10-12H2,(H2,22,23,27,28). The van der Waals surface area contributed by atoms with Crippen LogP contribution in [-0.4, -0.2) is 32.7 Å². The van der Waals surface area contributed by atoms with Crippen molar-refractivity contribution in [2.45, 2.75) is 29.8 Å². The zero-order valence-electron chi connectivity index (χ0n) is 15.3. The van der Waals surface area contributed by atoms with Crippen LogP contribution in [0.25, 0.3) is 5.69 Å². The van der Waals surface area contributed by atoms with E-state index in [1.54, 1.807) is 12.1 Å². The molecule has 4 rings (SSSR count). The van der Waals surface area contributed by atoms with Crippen molar-refractivity contribution in [3.63, 3.8) is 0 Å². The number of nitrogens with zero attached hydrogens (tertiary/aromatic N) is 3. The molecule has 2 heterocycles. The van der Waals surface area contributed by atoms with Gasteiger partial charge in [0.05, 0.1) is 0 Å². The maximum Gasteiger partial charge on any atom is 0.321 e. The van der Waals surface area contributed by atoms with E-state index in [1.807, 2.05) is 34.9 Å². The Kier molecular flexibility index (Phi) is 5.57. The molecule has 7 nitrogen and oxygen atoms in total. The summed E-state index contributed by atoms with van der Waals surface area (Å²) in [5, 5.41) is 14.2. The normalized spacial score (nSPS) is 16.4. The van der Waals surface area contributed by atoms with Gasteiger partial charge in [-0.05, 0) is 29.8 Å². The van der Waals surface area contributed by atoms with Crippen LogP contribution in [0, 0.1) is 5.82 Å². The van der Waals surface area contributed by atoms with Crippen molar-refractivity contribution in [3.8, 4) is 5.69 Å². The average Bonchev–Trinajstić information content (AvgIpc) is 3.09. The molecule has 1 saturated heterocycles. The first-order valence-electron chi connectivity index (χ1n) is 9.06. The Morgan fingerprint density at radius 1 is 1.07 bits per heavy atom. The summed E-state index contributed by atoms with van der Waals surface area (Å²) in [6.07, 6.45) is 0.490. The second kappa shape index (κ2) is 8.44. The summed E-state index contributed by atoms with van der Waals surface area (Å²) in [4.78, 5) is 23.3. The van der Waals surface area contributed by atoms with E-state index >= 15 is 0 Å². The van der Waals surface area contributed by atoms with Crippen LogP contribution in [0.5, 0.6) is 0 Å². The first-order valence-corrected chi connectivity index (χ1v) is 10.0. The van der Waals surface area contributed by atoms with Crippen LogP contribution in [0.2, 0.25) is 0 Å². The molecule has 1 aliphatic heterocycles. The number of hydrogen-bond acceptors (Lipinski definition) is 5. The van der Waals surface area contributed by atoms with Crippen LogP contribution in [0.4, 0.5) is 9.18 Å². The molecule has 0 radical (unpaired) electrons. The van der Waals surface area contributed by atoms with E-state index < -0.39 is 6.03 Å². The number of nitrogens with one attached hydrogen (secondary N) is 2. The highest BCUT2D eigenvalue weighted by molar-refractivity contribution is 7.98. The summed E-state index contributed by atoms with van der Waals surface area (Å²) in [7, 11) is 0. The average molecular weight is 411 g/mol. The number of amides is 3. The Morgan fingerprint density at radius 2 is 1.83 bits per heavy atom. The minimum atomic E-state index is -0.516. The van der Waals surface area contributed by atoms with Gasteiger partial charge >= 0.3 is 6.03 Å². The van der Waals surface area contributed by atoms with Crippen molar-refractivity contribution in [3.05, 3.63) is 71.8 Å². The maximum absolute atomic E-state index is 13.4. The molecular formula is C20H18FN5O2S. The quantitative estimate of drug-likeness (QED) is 0.609. The monoisotopic (exact) mass is 411 g/mol. The minimum absolute atomic E-state index is 0.161. The molecule has 0 saturated carbocycles. The van der Waals surface area contributed by atoms with Crippen LogP contribution in [0.15, 0.2) is 59.8 Å². The Balaban J connectivity index is 1.62. The third-order valence-electron chi connectivity index (χ3n) is 4.44. The SMILES string of the molecule is O=C1CC(Cc2nnc(SCc3ccccc3)n2-c2ccc(F)cc2)NC(=O)N1. The van der Waals surface area contributed by atoms with Crippen molar-refractivity contribution >= 4 is 23.7 Å². The zero-order chi connectivity index (χ0) is 20.2. The Bertz CT molecular complexity index is 1010. The molecule has 3 aromatic rings. The molecule has 1 unspecified atom stereocenters. The van der Waals surface area contributed by atoms with Crippen molar-refractivity contribution in [2.24, 2.45) is 0 Å². The van der Waals surface area contributed by atoms with Gasteiger partial charge in [-0.3, -0.25) is 14.7 Å². The molecule has 3 amide bonds. The minimum Gasteiger partial charge on any atom is -0.334 e. The van der Waals surface area contributed by atoms with E-state index in [9.17, 15) is 14.0 Å². The second-order valence-corrected chi connectivity index (χ2v) is 7.55. The molecule has 1 aromatic heterocycles. The third-order valence-corrected chi connectivity index (χ3v) is 5.44. The third kappa shape index (κ3) is 4.62. The van der Waals surface area contributed by atoms with Gasteiger partial charge in [-0.2, -0.15) is 0 Å².